The summed E-state index contributed by atoms with van der Waals surface area (Å²) in [5, 5.41) is 9.72. The monoisotopic (exact) mass is 403 g/mol. The van der Waals surface area contributed by atoms with E-state index in [0.29, 0.717) is 17.9 Å². The molecule has 1 aromatic rings. The molecule has 2 saturated heterocycles. The number of rotatable bonds is 7. The molecule has 0 bridgehead atoms. The minimum atomic E-state index is 0.337. The third-order valence-electron chi connectivity index (χ3n) is 5.32. The Kier molecular flexibility index (Phi) is 8.37. The van der Waals surface area contributed by atoms with Gasteiger partial charge >= 0.3 is 0 Å². The molecule has 2 aliphatic rings. The number of carbonyl (C=O) groups excluding carboxylic acids is 1. The van der Waals surface area contributed by atoms with Crippen molar-refractivity contribution in [2.75, 3.05) is 31.9 Å². The van der Waals surface area contributed by atoms with Crippen molar-refractivity contribution in [2.45, 2.75) is 50.3 Å². The fraction of sp³-hybridized carbons (Fsp3) is 0.619. The van der Waals surface area contributed by atoms with Crippen LogP contribution in [-0.2, 0) is 11.3 Å². The second kappa shape index (κ2) is 11.0. The lowest BCUT2D eigenvalue weighted by Gasteiger charge is -2.22. The molecule has 2 aliphatic heterocycles. The molecule has 4 nitrogen and oxygen atoms in total. The first-order valence-corrected chi connectivity index (χ1v) is 12.4. The van der Waals surface area contributed by atoms with Crippen LogP contribution in [0.3, 0.4) is 0 Å². The minimum Gasteiger partial charge on any atom is -0.341 e. The van der Waals surface area contributed by atoms with Crippen LogP contribution in [0.25, 0.3) is 0 Å². The molecular formula is C21H29N3OS2. The standard InChI is InChI=1S/C21H29N3OS2/c22-16-18-6-8-19(9-7-18)17-23-11-3-12-24(14-13-23)21(25)5-2-1-4-20-10-15-26-27-20/h6-9,20H,1-5,10-15,17H2. The first kappa shape index (κ1) is 20.6. The van der Waals surface area contributed by atoms with Gasteiger partial charge in [0, 0.05) is 50.1 Å². The molecule has 0 aromatic heterocycles. The summed E-state index contributed by atoms with van der Waals surface area (Å²) in [6.45, 7) is 4.58. The molecule has 0 N–H and O–H groups in total. The van der Waals surface area contributed by atoms with Gasteiger partial charge in [0.25, 0.3) is 0 Å². The summed E-state index contributed by atoms with van der Waals surface area (Å²) >= 11 is 0. The normalized spacial score (nSPS) is 21.0. The van der Waals surface area contributed by atoms with Gasteiger partial charge in [-0.15, -0.1) is 0 Å². The Morgan fingerprint density at radius 2 is 2.00 bits per heavy atom. The highest BCUT2D eigenvalue weighted by Crippen LogP contribution is 2.39. The highest BCUT2D eigenvalue weighted by molar-refractivity contribution is 8.77. The molecule has 2 fully saturated rings. The van der Waals surface area contributed by atoms with Gasteiger partial charge in [-0.05, 0) is 43.4 Å². The summed E-state index contributed by atoms with van der Waals surface area (Å²) in [6.07, 6.45) is 6.57. The lowest BCUT2D eigenvalue weighted by Crippen LogP contribution is -2.35. The average Bonchev–Trinajstić information content (AvgIpc) is 3.11. The maximum Gasteiger partial charge on any atom is 0.222 e. The van der Waals surface area contributed by atoms with Crippen molar-refractivity contribution in [3.8, 4) is 6.07 Å². The SMILES string of the molecule is N#Cc1ccc(CN2CCCN(C(=O)CCCCC3CCSS3)CC2)cc1. The van der Waals surface area contributed by atoms with E-state index in [9.17, 15) is 4.79 Å². The second-order valence-electron chi connectivity index (χ2n) is 7.39. The fourth-order valence-electron chi connectivity index (χ4n) is 3.69. The third kappa shape index (κ3) is 6.74. The molecule has 0 saturated carbocycles. The van der Waals surface area contributed by atoms with Crippen molar-refractivity contribution < 1.29 is 4.79 Å². The van der Waals surface area contributed by atoms with Crippen LogP contribution in [0.2, 0.25) is 0 Å². The third-order valence-corrected chi connectivity index (χ3v) is 8.33. The van der Waals surface area contributed by atoms with Gasteiger partial charge in [-0.1, -0.05) is 40.1 Å². The first-order chi connectivity index (χ1) is 13.2. The summed E-state index contributed by atoms with van der Waals surface area (Å²) in [7, 11) is 4.03. The fourth-order valence-corrected chi connectivity index (χ4v) is 6.72. The van der Waals surface area contributed by atoms with Crippen LogP contribution < -0.4 is 0 Å². The van der Waals surface area contributed by atoms with Crippen LogP contribution in [0.4, 0.5) is 0 Å². The lowest BCUT2D eigenvalue weighted by molar-refractivity contribution is -0.131. The zero-order chi connectivity index (χ0) is 18.9. The molecule has 0 aliphatic carbocycles. The molecule has 0 radical (unpaired) electrons. The van der Waals surface area contributed by atoms with Crippen molar-refractivity contribution in [1.82, 2.24) is 9.80 Å². The van der Waals surface area contributed by atoms with E-state index in [4.69, 9.17) is 5.26 Å². The van der Waals surface area contributed by atoms with Crippen LogP contribution in [0.5, 0.6) is 0 Å². The highest BCUT2D eigenvalue weighted by atomic mass is 33.1. The highest BCUT2D eigenvalue weighted by Gasteiger charge is 2.20. The Morgan fingerprint density at radius 3 is 2.74 bits per heavy atom. The topological polar surface area (TPSA) is 47.3 Å². The molecule has 0 spiro atoms. The van der Waals surface area contributed by atoms with E-state index in [-0.39, 0.29) is 0 Å². The molecule has 1 unspecified atom stereocenters. The van der Waals surface area contributed by atoms with Gasteiger partial charge in [-0.2, -0.15) is 5.26 Å². The summed E-state index contributed by atoms with van der Waals surface area (Å²) in [6, 6.07) is 9.99. The van der Waals surface area contributed by atoms with E-state index in [0.717, 1.165) is 50.8 Å². The average molecular weight is 404 g/mol. The summed E-state index contributed by atoms with van der Waals surface area (Å²) in [4.78, 5) is 17.0. The van der Waals surface area contributed by atoms with E-state index >= 15 is 0 Å². The van der Waals surface area contributed by atoms with Crippen molar-refractivity contribution in [3.05, 3.63) is 35.4 Å². The zero-order valence-corrected chi connectivity index (χ0v) is 17.6. The smallest absolute Gasteiger partial charge is 0.222 e. The number of carbonyl (C=O) groups is 1. The van der Waals surface area contributed by atoms with Gasteiger partial charge < -0.3 is 4.90 Å². The van der Waals surface area contributed by atoms with Gasteiger partial charge in [0.1, 0.15) is 0 Å². The van der Waals surface area contributed by atoms with Crippen LogP contribution in [-0.4, -0.2) is 52.9 Å². The van der Waals surface area contributed by atoms with Crippen LogP contribution in [0.15, 0.2) is 24.3 Å². The summed E-state index contributed by atoms with van der Waals surface area (Å²) < 4.78 is 0. The number of hydrogen-bond acceptors (Lipinski definition) is 5. The van der Waals surface area contributed by atoms with Gasteiger partial charge in [0.15, 0.2) is 0 Å². The number of amides is 1. The largest absolute Gasteiger partial charge is 0.341 e. The molecule has 3 rings (SSSR count). The van der Waals surface area contributed by atoms with Crippen LogP contribution >= 0.6 is 21.6 Å². The van der Waals surface area contributed by atoms with E-state index in [1.54, 1.807) is 0 Å². The predicted octanol–water partition coefficient (Wildman–Crippen LogP) is 4.31. The molecule has 1 aromatic carbocycles. The van der Waals surface area contributed by atoms with E-state index in [1.807, 2.05) is 45.9 Å². The molecular weight excluding hydrogens is 374 g/mol. The Balaban J connectivity index is 1.36. The predicted molar refractivity (Wildman–Crippen MR) is 115 cm³/mol. The van der Waals surface area contributed by atoms with Crippen LogP contribution in [0.1, 0.15) is 49.7 Å². The van der Waals surface area contributed by atoms with Crippen LogP contribution in [0, 0.1) is 11.3 Å². The quantitative estimate of drug-likeness (QED) is 0.502. The number of nitriles is 1. The number of nitrogens with zero attached hydrogens (tertiary/aromatic N) is 3. The molecule has 6 heteroatoms. The number of hydrogen-bond donors (Lipinski definition) is 0. The van der Waals surface area contributed by atoms with Crippen molar-refractivity contribution in [1.29, 1.82) is 5.26 Å². The lowest BCUT2D eigenvalue weighted by atomic mass is 10.1. The van der Waals surface area contributed by atoms with Gasteiger partial charge in [-0.3, -0.25) is 9.69 Å². The maximum atomic E-state index is 12.5. The number of unbranched alkanes of at least 4 members (excludes halogenated alkanes) is 1. The summed E-state index contributed by atoms with van der Waals surface area (Å²) in [5.41, 5.74) is 1.94. The Hall–Kier alpha value is -1.16. The Bertz CT molecular complexity index is 638. The zero-order valence-electron chi connectivity index (χ0n) is 15.9. The van der Waals surface area contributed by atoms with Gasteiger partial charge in [0.05, 0.1) is 11.6 Å². The van der Waals surface area contributed by atoms with Gasteiger partial charge in [0.2, 0.25) is 5.91 Å². The van der Waals surface area contributed by atoms with Crippen molar-refractivity contribution >= 4 is 27.5 Å². The first-order valence-electron chi connectivity index (χ1n) is 10.0. The minimum absolute atomic E-state index is 0.337. The van der Waals surface area contributed by atoms with Crippen molar-refractivity contribution in [3.63, 3.8) is 0 Å². The Morgan fingerprint density at radius 1 is 1.15 bits per heavy atom. The Labute approximate surface area is 171 Å². The van der Waals surface area contributed by atoms with E-state index < -0.39 is 0 Å². The number of benzene rings is 1. The molecule has 1 atom stereocenters. The molecule has 27 heavy (non-hydrogen) atoms. The second-order valence-corrected chi connectivity index (χ2v) is 10.2. The van der Waals surface area contributed by atoms with Crippen molar-refractivity contribution in [2.24, 2.45) is 0 Å². The van der Waals surface area contributed by atoms with E-state index in [2.05, 4.69) is 15.9 Å². The van der Waals surface area contributed by atoms with Gasteiger partial charge in [-0.25, -0.2) is 0 Å². The maximum absolute atomic E-state index is 12.5. The summed E-state index contributed by atoms with van der Waals surface area (Å²) in [5.74, 6) is 1.63. The molecule has 1 amide bonds. The molecule has 146 valence electrons. The van der Waals surface area contributed by atoms with E-state index in [1.165, 1.54) is 30.6 Å². The molecule has 2 heterocycles.